The summed E-state index contributed by atoms with van der Waals surface area (Å²) in [5.41, 5.74) is 5.80. The first-order valence-electron chi connectivity index (χ1n) is 7.90. The molecule has 0 radical (unpaired) electrons. The van der Waals surface area contributed by atoms with Crippen molar-refractivity contribution in [2.45, 2.75) is 0 Å². The fourth-order valence-corrected chi connectivity index (χ4v) is 4.19. The van der Waals surface area contributed by atoms with Crippen LogP contribution in [0.25, 0.3) is 11.6 Å². The van der Waals surface area contributed by atoms with Gasteiger partial charge in [0, 0.05) is 27.4 Å². The summed E-state index contributed by atoms with van der Waals surface area (Å²) >= 11 is 9.97. The average molecular weight is 458 g/mol. The van der Waals surface area contributed by atoms with Crippen LogP contribution in [0.2, 0.25) is 0 Å². The molecule has 0 unspecified atom stereocenters. The number of allylic oxidation sites excluding steroid dienone is 1. The van der Waals surface area contributed by atoms with Crippen LogP contribution in [-0.2, 0) is 0 Å². The number of thiazole rings is 1. The van der Waals surface area contributed by atoms with E-state index in [-0.39, 0.29) is 11.8 Å². The molecule has 0 bridgehead atoms. The molecule has 2 heterocycles. The molecule has 0 aliphatic carbocycles. The number of fused-ring (bicyclic) bond motifs is 1. The molecule has 5 nitrogen and oxygen atoms in total. The number of carbonyl (C=O) groups excluding carboxylic acids is 1. The number of hydrogen-bond donors (Lipinski definition) is 2. The van der Waals surface area contributed by atoms with Gasteiger partial charge in [0.05, 0.1) is 10.6 Å². The highest BCUT2D eigenvalue weighted by Gasteiger charge is 2.17. The first-order valence-corrected chi connectivity index (χ1v) is 9.91. The standard InChI is InChI=1S/C19H12BrN3O2S2/c20-13-6-7-15-14(9-13)12(10-21-15)8-16-18(25)23(19(26)27-16)22-17(24)11-4-2-1-3-5-11/h1-10,25H,(H,22,24). The van der Waals surface area contributed by atoms with Gasteiger partial charge in [0.15, 0.2) is 3.95 Å². The number of carbonyl (C=O) groups is 1. The summed E-state index contributed by atoms with van der Waals surface area (Å²) in [6, 6.07) is 14.6. The molecule has 0 fully saturated rings. The number of aliphatic imine (C=N–C) groups is 1. The van der Waals surface area contributed by atoms with E-state index in [0.29, 0.717) is 14.4 Å². The molecule has 0 atom stereocenters. The number of nitrogens with zero attached hydrogens (tertiary/aromatic N) is 2. The molecule has 4 rings (SSSR count). The molecule has 27 heavy (non-hydrogen) atoms. The number of nitrogens with one attached hydrogen (secondary N) is 1. The van der Waals surface area contributed by atoms with Crippen molar-refractivity contribution in [1.82, 2.24) is 4.68 Å². The smallest absolute Gasteiger partial charge is 0.270 e. The van der Waals surface area contributed by atoms with Crippen molar-refractivity contribution in [1.29, 1.82) is 0 Å². The first kappa shape index (κ1) is 17.8. The SMILES string of the molecule is O=C(Nn1c(O)c(C=C2C=Nc3ccc(Br)cc32)sc1=S)c1ccccc1. The lowest BCUT2D eigenvalue weighted by Crippen LogP contribution is -2.22. The Kier molecular flexibility index (Phi) is 4.77. The zero-order chi connectivity index (χ0) is 19.0. The Bertz CT molecular complexity index is 1160. The predicted octanol–water partition coefficient (Wildman–Crippen LogP) is 5.39. The van der Waals surface area contributed by atoms with Gasteiger partial charge in [0.1, 0.15) is 0 Å². The monoisotopic (exact) mass is 457 g/mol. The number of halogens is 1. The third kappa shape index (κ3) is 3.51. The van der Waals surface area contributed by atoms with Crippen LogP contribution in [0.5, 0.6) is 5.88 Å². The van der Waals surface area contributed by atoms with Crippen molar-refractivity contribution >= 4 is 68.9 Å². The van der Waals surface area contributed by atoms with E-state index >= 15 is 0 Å². The van der Waals surface area contributed by atoms with Gasteiger partial charge in [-0.2, -0.15) is 4.68 Å². The van der Waals surface area contributed by atoms with Crippen molar-refractivity contribution in [3.63, 3.8) is 0 Å². The second kappa shape index (κ2) is 7.22. The molecule has 1 aliphatic rings. The van der Waals surface area contributed by atoms with E-state index in [2.05, 4.69) is 26.3 Å². The van der Waals surface area contributed by atoms with E-state index < -0.39 is 0 Å². The first-order chi connectivity index (χ1) is 13.0. The molecular formula is C19H12BrN3O2S2. The summed E-state index contributed by atoms with van der Waals surface area (Å²) in [5, 5.41) is 10.6. The summed E-state index contributed by atoms with van der Waals surface area (Å²) in [6.45, 7) is 0. The van der Waals surface area contributed by atoms with Crippen molar-refractivity contribution in [2.75, 3.05) is 5.43 Å². The van der Waals surface area contributed by atoms with Gasteiger partial charge in [-0.15, -0.1) is 0 Å². The quantitative estimate of drug-likeness (QED) is 0.518. The summed E-state index contributed by atoms with van der Waals surface area (Å²) in [5.74, 6) is -0.464. The normalized spacial score (nSPS) is 13.7. The maximum absolute atomic E-state index is 12.3. The Morgan fingerprint density at radius 1 is 1.26 bits per heavy atom. The predicted molar refractivity (Wildman–Crippen MR) is 115 cm³/mol. The third-order valence-electron chi connectivity index (χ3n) is 3.96. The van der Waals surface area contributed by atoms with Crippen LogP contribution in [0.4, 0.5) is 5.69 Å². The number of aromatic nitrogens is 1. The van der Waals surface area contributed by atoms with E-state index in [1.807, 2.05) is 30.3 Å². The van der Waals surface area contributed by atoms with Crippen molar-refractivity contribution in [2.24, 2.45) is 4.99 Å². The van der Waals surface area contributed by atoms with E-state index in [9.17, 15) is 9.90 Å². The Morgan fingerprint density at radius 2 is 2.04 bits per heavy atom. The van der Waals surface area contributed by atoms with Gasteiger partial charge in [-0.05, 0) is 48.6 Å². The van der Waals surface area contributed by atoms with Gasteiger partial charge >= 0.3 is 0 Å². The third-order valence-corrected chi connectivity index (χ3v) is 5.76. The summed E-state index contributed by atoms with van der Waals surface area (Å²) < 4.78 is 2.51. The second-order valence-electron chi connectivity index (χ2n) is 5.72. The molecule has 1 aliphatic heterocycles. The lowest BCUT2D eigenvalue weighted by Gasteiger charge is -2.07. The van der Waals surface area contributed by atoms with Crippen LogP contribution in [0.1, 0.15) is 20.8 Å². The average Bonchev–Trinajstić information content (AvgIpc) is 3.18. The number of hydrogen-bond acceptors (Lipinski definition) is 5. The molecule has 2 aromatic carbocycles. The fourth-order valence-electron chi connectivity index (χ4n) is 2.65. The molecule has 0 saturated carbocycles. The highest BCUT2D eigenvalue weighted by Crippen LogP contribution is 2.37. The maximum atomic E-state index is 12.3. The molecule has 8 heteroatoms. The second-order valence-corrected chi connectivity index (χ2v) is 8.31. The van der Waals surface area contributed by atoms with E-state index in [0.717, 1.165) is 21.3 Å². The van der Waals surface area contributed by atoms with Gasteiger partial charge < -0.3 is 5.11 Å². The Morgan fingerprint density at radius 3 is 2.81 bits per heavy atom. The van der Waals surface area contributed by atoms with Gasteiger partial charge in [-0.25, -0.2) is 0 Å². The topological polar surface area (TPSA) is 66.6 Å². The Balaban J connectivity index is 1.67. The molecule has 1 amide bonds. The number of benzene rings is 2. The van der Waals surface area contributed by atoms with Crippen LogP contribution in [0.15, 0.2) is 58.0 Å². The zero-order valence-electron chi connectivity index (χ0n) is 13.7. The summed E-state index contributed by atoms with van der Waals surface area (Å²) in [4.78, 5) is 17.3. The van der Waals surface area contributed by atoms with Crippen molar-refractivity contribution in [3.05, 3.63) is 73.0 Å². The molecule has 1 aromatic heterocycles. The Labute approximate surface area is 172 Å². The summed E-state index contributed by atoms with van der Waals surface area (Å²) in [7, 11) is 0. The lowest BCUT2D eigenvalue weighted by atomic mass is 10.1. The van der Waals surface area contributed by atoms with Crippen LogP contribution in [0.3, 0.4) is 0 Å². The molecule has 2 N–H and O–H groups in total. The zero-order valence-corrected chi connectivity index (χ0v) is 16.9. The largest absolute Gasteiger partial charge is 0.492 e. The van der Waals surface area contributed by atoms with E-state index in [1.165, 1.54) is 16.0 Å². The van der Waals surface area contributed by atoms with E-state index in [1.54, 1.807) is 30.5 Å². The molecule has 0 saturated heterocycles. The van der Waals surface area contributed by atoms with Gasteiger partial charge in [0.2, 0.25) is 5.88 Å². The van der Waals surface area contributed by atoms with Crippen molar-refractivity contribution < 1.29 is 9.90 Å². The highest BCUT2D eigenvalue weighted by atomic mass is 79.9. The van der Waals surface area contributed by atoms with E-state index in [4.69, 9.17) is 12.2 Å². The molecule has 3 aromatic rings. The number of rotatable bonds is 3. The van der Waals surface area contributed by atoms with Crippen LogP contribution < -0.4 is 5.43 Å². The maximum Gasteiger partial charge on any atom is 0.270 e. The molecular weight excluding hydrogens is 446 g/mol. The van der Waals surface area contributed by atoms with Crippen LogP contribution in [0, 0.1) is 3.95 Å². The fraction of sp³-hybridized carbons (Fsp3) is 0. The van der Waals surface area contributed by atoms with Crippen LogP contribution in [-0.4, -0.2) is 21.9 Å². The number of aromatic hydroxyl groups is 1. The summed E-state index contributed by atoms with van der Waals surface area (Å²) in [6.07, 6.45) is 3.55. The van der Waals surface area contributed by atoms with Crippen molar-refractivity contribution in [3.8, 4) is 5.88 Å². The minimum absolute atomic E-state index is 0.112. The highest BCUT2D eigenvalue weighted by molar-refractivity contribution is 9.10. The minimum atomic E-state index is -0.351. The van der Waals surface area contributed by atoms with Gasteiger partial charge in [-0.3, -0.25) is 15.2 Å². The van der Waals surface area contributed by atoms with Gasteiger partial charge in [-0.1, -0.05) is 45.5 Å². The minimum Gasteiger partial charge on any atom is -0.492 e. The number of amides is 1. The lowest BCUT2D eigenvalue weighted by molar-refractivity contribution is 0.101. The van der Waals surface area contributed by atoms with Crippen LogP contribution >= 0.6 is 39.5 Å². The molecule has 134 valence electrons. The molecule has 0 spiro atoms. The van der Waals surface area contributed by atoms with Gasteiger partial charge in [0.25, 0.3) is 5.91 Å². The Hall–Kier alpha value is -2.55.